The van der Waals surface area contributed by atoms with Crippen molar-refractivity contribution in [2.45, 2.75) is 36.6 Å². The van der Waals surface area contributed by atoms with Crippen LogP contribution in [0.2, 0.25) is 0 Å². The zero-order valence-electron chi connectivity index (χ0n) is 8.66. The van der Waals surface area contributed by atoms with E-state index in [1.165, 1.54) is 0 Å². The summed E-state index contributed by atoms with van der Waals surface area (Å²) in [6.45, 7) is -0.914. The summed E-state index contributed by atoms with van der Waals surface area (Å²) in [6, 6.07) is 0. The van der Waals surface area contributed by atoms with Gasteiger partial charge in [-0.2, -0.15) is 0 Å². The van der Waals surface area contributed by atoms with Crippen LogP contribution in [0.25, 0.3) is 0 Å². The molecule has 0 aliphatic heterocycles. The first-order valence-corrected chi connectivity index (χ1v) is 4.66. The van der Waals surface area contributed by atoms with Gasteiger partial charge in [0.15, 0.2) is 6.10 Å². The quantitative estimate of drug-likeness (QED) is 0.222. The Labute approximate surface area is 95.8 Å². The van der Waals surface area contributed by atoms with Crippen LogP contribution >= 0.6 is 0 Å². The van der Waals surface area contributed by atoms with Gasteiger partial charge in [0, 0.05) is 0 Å². The van der Waals surface area contributed by atoms with Gasteiger partial charge >= 0.3 is 5.97 Å². The van der Waals surface area contributed by atoms with E-state index in [1.807, 2.05) is 0 Å². The molecule has 0 amide bonds. The maximum atomic E-state index is 10.3. The minimum Gasteiger partial charge on any atom is -0.479 e. The molecule has 6 atom stereocenters. The van der Waals surface area contributed by atoms with Crippen molar-refractivity contribution in [2.75, 3.05) is 6.61 Å². The summed E-state index contributed by atoms with van der Waals surface area (Å²) < 4.78 is 0. The van der Waals surface area contributed by atoms with Crippen LogP contribution in [-0.4, -0.2) is 90.1 Å². The average Bonchev–Trinajstić information content (AvgIpc) is 2.32. The van der Waals surface area contributed by atoms with E-state index in [9.17, 15) is 15.0 Å². The second-order valence-corrected chi connectivity index (χ2v) is 3.50. The van der Waals surface area contributed by atoms with Gasteiger partial charge in [-0.25, -0.2) is 4.79 Å². The highest BCUT2D eigenvalue weighted by molar-refractivity contribution is 5.72. The lowest BCUT2D eigenvalue weighted by Gasteiger charge is -2.29. The van der Waals surface area contributed by atoms with Crippen molar-refractivity contribution < 1.29 is 45.6 Å². The third-order valence-corrected chi connectivity index (χ3v) is 2.21. The number of carboxylic acids is 1. The molecule has 0 radical (unpaired) electrons. The second-order valence-electron chi connectivity index (χ2n) is 3.50. The summed E-state index contributed by atoms with van der Waals surface area (Å²) in [6.07, 6.45) is -12.8. The molecule has 0 aromatic carbocycles. The van der Waals surface area contributed by atoms with Gasteiger partial charge in [0.05, 0.1) is 6.61 Å². The zero-order valence-corrected chi connectivity index (χ0v) is 8.66. The second kappa shape index (κ2) is 6.81. The predicted molar refractivity (Wildman–Crippen MR) is 50.8 cm³/mol. The van der Waals surface area contributed by atoms with Crippen molar-refractivity contribution in [3.63, 3.8) is 0 Å². The standard InChI is InChI=1S/C8H16O9/c9-1-2(10)3(11)4(12)5(13)6(14)7(15)8(16)17/h2-7,9-15H,1H2,(H,16,17)/t2-,3-,4+,5+,6-,7+/m1/s1. The fraction of sp³-hybridized carbons (Fsp3) is 0.875. The topological polar surface area (TPSA) is 179 Å². The number of hydrogen-bond acceptors (Lipinski definition) is 8. The highest BCUT2D eigenvalue weighted by Crippen LogP contribution is 2.11. The molecule has 8 N–H and O–H groups in total. The highest BCUT2D eigenvalue weighted by Gasteiger charge is 2.39. The Kier molecular flexibility index (Phi) is 6.49. The van der Waals surface area contributed by atoms with Crippen LogP contribution in [0.1, 0.15) is 0 Å². The number of carbonyl (C=O) groups is 1. The third kappa shape index (κ3) is 4.16. The Morgan fingerprint density at radius 1 is 0.824 bits per heavy atom. The highest BCUT2D eigenvalue weighted by atomic mass is 16.4. The van der Waals surface area contributed by atoms with E-state index in [0.29, 0.717) is 0 Å². The fourth-order valence-electron chi connectivity index (χ4n) is 1.07. The van der Waals surface area contributed by atoms with Crippen LogP contribution in [0, 0.1) is 0 Å². The maximum Gasteiger partial charge on any atom is 0.335 e. The number of aliphatic carboxylic acids is 1. The van der Waals surface area contributed by atoms with Gasteiger partial charge in [-0.05, 0) is 0 Å². The molecule has 9 heteroatoms. The smallest absolute Gasteiger partial charge is 0.335 e. The molecule has 0 spiro atoms. The molecule has 0 unspecified atom stereocenters. The SMILES string of the molecule is O=C(O)[C@@H](O)[C@H](O)[C@@H](O)[C@@H](O)[C@H](O)[C@H](O)CO. The lowest BCUT2D eigenvalue weighted by atomic mass is 9.96. The van der Waals surface area contributed by atoms with Gasteiger partial charge < -0.3 is 40.9 Å². The van der Waals surface area contributed by atoms with Crippen molar-refractivity contribution in [1.82, 2.24) is 0 Å². The van der Waals surface area contributed by atoms with E-state index in [4.69, 9.17) is 30.6 Å². The molecule has 0 aliphatic carbocycles. The van der Waals surface area contributed by atoms with Crippen molar-refractivity contribution >= 4 is 5.97 Å². The molecule has 0 saturated carbocycles. The van der Waals surface area contributed by atoms with Crippen molar-refractivity contribution in [3.05, 3.63) is 0 Å². The molecule has 9 nitrogen and oxygen atoms in total. The average molecular weight is 256 g/mol. The Morgan fingerprint density at radius 3 is 1.59 bits per heavy atom. The van der Waals surface area contributed by atoms with E-state index < -0.39 is 49.2 Å². The lowest BCUT2D eigenvalue weighted by molar-refractivity contribution is -0.175. The van der Waals surface area contributed by atoms with Crippen LogP contribution in [0.3, 0.4) is 0 Å². The Balaban J connectivity index is 4.58. The molecule has 0 heterocycles. The van der Waals surface area contributed by atoms with Gasteiger partial charge in [0.2, 0.25) is 0 Å². The van der Waals surface area contributed by atoms with Crippen LogP contribution in [0.15, 0.2) is 0 Å². The van der Waals surface area contributed by atoms with Gasteiger partial charge in [0.25, 0.3) is 0 Å². The molecule has 0 aromatic heterocycles. The normalized spacial score (nSPS) is 22.3. The molecule has 0 aromatic rings. The van der Waals surface area contributed by atoms with Gasteiger partial charge in [-0.1, -0.05) is 0 Å². The summed E-state index contributed by atoms with van der Waals surface area (Å²) in [5, 5.41) is 71.4. The molecule has 0 bridgehead atoms. The number of aliphatic hydroxyl groups excluding tert-OH is 7. The van der Waals surface area contributed by atoms with Gasteiger partial charge in [0.1, 0.15) is 30.5 Å². The predicted octanol–water partition coefficient (Wildman–Crippen LogP) is -4.77. The molecule has 0 saturated heterocycles. The minimum atomic E-state index is -2.36. The van der Waals surface area contributed by atoms with E-state index in [1.54, 1.807) is 0 Å². The maximum absolute atomic E-state index is 10.3. The van der Waals surface area contributed by atoms with Crippen LogP contribution in [0.4, 0.5) is 0 Å². The molecule has 17 heavy (non-hydrogen) atoms. The summed E-state index contributed by atoms with van der Waals surface area (Å²) in [5.74, 6) is -1.83. The van der Waals surface area contributed by atoms with Crippen molar-refractivity contribution in [3.8, 4) is 0 Å². The monoisotopic (exact) mass is 256 g/mol. The van der Waals surface area contributed by atoms with Crippen molar-refractivity contribution in [1.29, 1.82) is 0 Å². The molecule has 0 fully saturated rings. The first kappa shape index (κ1) is 16.2. The number of carboxylic acid groups (broad SMARTS) is 1. The van der Waals surface area contributed by atoms with Crippen molar-refractivity contribution in [2.24, 2.45) is 0 Å². The molecule has 0 aliphatic rings. The van der Waals surface area contributed by atoms with Crippen LogP contribution < -0.4 is 0 Å². The van der Waals surface area contributed by atoms with E-state index in [0.717, 1.165) is 0 Å². The summed E-state index contributed by atoms with van der Waals surface area (Å²) in [5.41, 5.74) is 0. The number of rotatable bonds is 7. The van der Waals surface area contributed by atoms with Crippen LogP contribution in [0.5, 0.6) is 0 Å². The zero-order chi connectivity index (χ0) is 13.7. The molecular formula is C8H16O9. The van der Waals surface area contributed by atoms with Gasteiger partial charge in [-0.3, -0.25) is 0 Å². The fourth-order valence-corrected chi connectivity index (χ4v) is 1.07. The Morgan fingerprint density at radius 2 is 1.24 bits per heavy atom. The largest absolute Gasteiger partial charge is 0.479 e. The van der Waals surface area contributed by atoms with E-state index in [2.05, 4.69) is 0 Å². The Hall–Kier alpha value is -0.810. The summed E-state index contributed by atoms with van der Waals surface area (Å²) in [7, 11) is 0. The lowest BCUT2D eigenvalue weighted by Crippen LogP contribution is -2.54. The number of aliphatic hydroxyl groups is 7. The summed E-state index contributed by atoms with van der Waals surface area (Å²) in [4.78, 5) is 10.3. The van der Waals surface area contributed by atoms with Crippen LogP contribution in [-0.2, 0) is 4.79 Å². The van der Waals surface area contributed by atoms with E-state index >= 15 is 0 Å². The first-order valence-electron chi connectivity index (χ1n) is 4.66. The molecule has 0 rings (SSSR count). The first-order chi connectivity index (χ1) is 7.73. The third-order valence-electron chi connectivity index (χ3n) is 2.21. The Bertz CT molecular complexity index is 245. The summed E-state index contributed by atoms with van der Waals surface area (Å²) >= 11 is 0. The van der Waals surface area contributed by atoms with E-state index in [-0.39, 0.29) is 0 Å². The molecular weight excluding hydrogens is 240 g/mol. The number of hydrogen-bond donors (Lipinski definition) is 8. The minimum absolute atomic E-state index is 0.914. The molecule has 102 valence electrons. The van der Waals surface area contributed by atoms with Gasteiger partial charge in [-0.15, -0.1) is 0 Å².